The number of para-hydroxylation sites is 1. The van der Waals surface area contributed by atoms with Crippen LogP contribution in [-0.4, -0.2) is 38.8 Å². The fourth-order valence-corrected chi connectivity index (χ4v) is 4.90. The molecule has 0 aliphatic carbocycles. The lowest BCUT2D eigenvalue weighted by Crippen LogP contribution is -2.32. The SMILES string of the molecule is O=C(Nc1ccccc1Br)Nc1ccc(Cl)c(S(=O)(=O)NC[C@@H]2CCCO2)c1O. The Bertz CT molecular complexity index is 1010. The van der Waals surface area contributed by atoms with Gasteiger partial charge in [-0.2, -0.15) is 0 Å². The van der Waals surface area contributed by atoms with E-state index < -0.39 is 26.7 Å². The van der Waals surface area contributed by atoms with Crippen LogP contribution in [0, 0.1) is 0 Å². The van der Waals surface area contributed by atoms with E-state index >= 15 is 0 Å². The van der Waals surface area contributed by atoms with Crippen molar-refractivity contribution < 1.29 is 23.1 Å². The molecule has 8 nitrogen and oxygen atoms in total. The number of ether oxygens (including phenoxy) is 1. The zero-order valence-corrected chi connectivity index (χ0v) is 18.3. The van der Waals surface area contributed by atoms with E-state index in [9.17, 15) is 18.3 Å². The molecule has 3 rings (SSSR count). The van der Waals surface area contributed by atoms with Crippen molar-refractivity contribution >= 4 is 55.0 Å². The van der Waals surface area contributed by atoms with E-state index in [2.05, 4.69) is 31.3 Å². The van der Waals surface area contributed by atoms with E-state index in [1.54, 1.807) is 24.3 Å². The van der Waals surface area contributed by atoms with Gasteiger partial charge in [-0.25, -0.2) is 17.9 Å². The van der Waals surface area contributed by atoms with Gasteiger partial charge in [-0.05, 0) is 53.0 Å². The first-order valence-corrected chi connectivity index (χ1v) is 11.4. The molecule has 156 valence electrons. The summed E-state index contributed by atoms with van der Waals surface area (Å²) in [6.07, 6.45) is 1.39. The number of hydrogen-bond acceptors (Lipinski definition) is 5. The molecule has 1 aliphatic heterocycles. The molecule has 0 unspecified atom stereocenters. The van der Waals surface area contributed by atoms with E-state index in [4.69, 9.17) is 16.3 Å². The van der Waals surface area contributed by atoms with Gasteiger partial charge in [0.2, 0.25) is 10.0 Å². The van der Waals surface area contributed by atoms with Crippen molar-refractivity contribution in [2.75, 3.05) is 23.8 Å². The summed E-state index contributed by atoms with van der Waals surface area (Å²) in [7, 11) is -4.12. The number of anilines is 2. The predicted octanol–water partition coefficient (Wildman–Crippen LogP) is 3.91. The largest absolute Gasteiger partial charge is 0.504 e. The number of halogens is 2. The molecule has 0 bridgehead atoms. The number of nitrogens with one attached hydrogen (secondary N) is 3. The summed E-state index contributed by atoms with van der Waals surface area (Å²) in [6.45, 7) is 0.655. The van der Waals surface area contributed by atoms with Crippen molar-refractivity contribution in [2.24, 2.45) is 0 Å². The van der Waals surface area contributed by atoms with Crippen LogP contribution in [0.2, 0.25) is 5.02 Å². The molecule has 11 heteroatoms. The van der Waals surface area contributed by atoms with Crippen LogP contribution in [0.15, 0.2) is 45.8 Å². The molecule has 1 heterocycles. The molecule has 0 radical (unpaired) electrons. The first-order valence-electron chi connectivity index (χ1n) is 8.73. The summed E-state index contributed by atoms with van der Waals surface area (Å²) < 4.78 is 33.8. The number of carbonyl (C=O) groups excluding carboxylic acids is 1. The molecule has 4 N–H and O–H groups in total. The van der Waals surface area contributed by atoms with Crippen LogP contribution in [0.25, 0.3) is 0 Å². The number of aromatic hydroxyl groups is 1. The summed E-state index contributed by atoms with van der Waals surface area (Å²) in [6, 6.07) is 8.90. The first kappa shape index (κ1) is 21.8. The highest BCUT2D eigenvalue weighted by atomic mass is 79.9. The van der Waals surface area contributed by atoms with Crippen molar-refractivity contribution in [1.29, 1.82) is 0 Å². The Kier molecular flexibility index (Phi) is 7.01. The van der Waals surface area contributed by atoms with Crippen LogP contribution in [0.1, 0.15) is 12.8 Å². The fraction of sp³-hybridized carbons (Fsp3) is 0.278. The Morgan fingerprint density at radius 1 is 1.21 bits per heavy atom. The smallest absolute Gasteiger partial charge is 0.323 e. The van der Waals surface area contributed by atoms with Gasteiger partial charge in [-0.3, -0.25) is 0 Å². The zero-order valence-electron chi connectivity index (χ0n) is 15.1. The van der Waals surface area contributed by atoms with Gasteiger partial charge in [0.15, 0.2) is 5.75 Å². The van der Waals surface area contributed by atoms with Gasteiger partial charge >= 0.3 is 6.03 Å². The monoisotopic (exact) mass is 503 g/mol. The maximum absolute atomic E-state index is 12.7. The third kappa shape index (κ3) is 5.40. The van der Waals surface area contributed by atoms with Crippen LogP contribution < -0.4 is 15.4 Å². The number of urea groups is 1. The number of benzene rings is 2. The lowest BCUT2D eigenvalue weighted by Gasteiger charge is -2.16. The molecule has 2 amide bonds. The molecule has 1 aliphatic rings. The molecule has 0 aromatic heterocycles. The normalized spacial score (nSPS) is 16.6. The first-order chi connectivity index (χ1) is 13.8. The summed E-state index contributed by atoms with van der Waals surface area (Å²) in [4.78, 5) is 11.8. The van der Waals surface area contributed by atoms with Crippen LogP contribution >= 0.6 is 27.5 Å². The van der Waals surface area contributed by atoms with Gasteiger partial charge in [-0.1, -0.05) is 23.7 Å². The van der Waals surface area contributed by atoms with Crippen LogP contribution in [0.4, 0.5) is 16.2 Å². The van der Waals surface area contributed by atoms with Gasteiger partial charge in [0, 0.05) is 17.6 Å². The lowest BCUT2D eigenvalue weighted by atomic mass is 10.2. The summed E-state index contributed by atoms with van der Waals surface area (Å²) in [5.74, 6) is -0.653. The van der Waals surface area contributed by atoms with E-state index in [-0.39, 0.29) is 23.4 Å². The van der Waals surface area contributed by atoms with Gasteiger partial charge in [0.05, 0.1) is 22.5 Å². The number of hydrogen-bond donors (Lipinski definition) is 4. The highest BCUT2D eigenvalue weighted by Crippen LogP contribution is 2.37. The molecular weight excluding hydrogens is 486 g/mol. The second-order valence-corrected chi connectivity index (χ2v) is 9.28. The van der Waals surface area contributed by atoms with E-state index in [0.29, 0.717) is 16.8 Å². The van der Waals surface area contributed by atoms with Crippen molar-refractivity contribution in [3.8, 4) is 5.75 Å². The molecule has 29 heavy (non-hydrogen) atoms. The third-order valence-corrected chi connectivity index (χ3v) is 6.86. The van der Waals surface area contributed by atoms with Crippen LogP contribution in [-0.2, 0) is 14.8 Å². The Labute approximate surface area is 181 Å². The van der Waals surface area contributed by atoms with E-state index in [0.717, 1.165) is 12.8 Å². The molecule has 1 fully saturated rings. The Morgan fingerprint density at radius 3 is 2.62 bits per heavy atom. The molecule has 2 aromatic carbocycles. The molecule has 0 saturated carbocycles. The highest BCUT2D eigenvalue weighted by molar-refractivity contribution is 9.10. The second kappa shape index (κ2) is 9.31. The number of amides is 2. The highest BCUT2D eigenvalue weighted by Gasteiger charge is 2.27. The van der Waals surface area contributed by atoms with E-state index in [1.165, 1.54) is 12.1 Å². The molecule has 1 atom stereocenters. The average Bonchev–Trinajstić information content (AvgIpc) is 3.18. The minimum Gasteiger partial charge on any atom is -0.504 e. The van der Waals surface area contributed by atoms with Crippen molar-refractivity contribution in [1.82, 2.24) is 4.72 Å². The number of sulfonamides is 1. The summed E-state index contributed by atoms with van der Waals surface area (Å²) >= 11 is 9.33. The third-order valence-electron chi connectivity index (χ3n) is 4.25. The minimum absolute atomic E-state index is 0.0677. The molecule has 2 aromatic rings. The van der Waals surface area contributed by atoms with Crippen molar-refractivity contribution in [3.05, 3.63) is 45.9 Å². The Balaban J connectivity index is 1.77. The zero-order chi connectivity index (χ0) is 21.0. The van der Waals surface area contributed by atoms with Gasteiger partial charge in [0.25, 0.3) is 0 Å². The topological polar surface area (TPSA) is 117 Å². The Morgan fingerprint density at radius 2 is 1.93 bits per heavy atom. The maximum atomic E-state index is 12.7. The maximum Gasteiger partial charge on any atom is 0.323 e. The number of rotatable bonds is 6. The fourth-order valence-electron chi connectivity index (χ4n) is 2.82. The second-order valence-electron chi connectivity index (χ2n) is 6.32. The van der Waals surface area contributed by atoms with Crippen molar-refractivity contribution in [3.63, 3.8) is 0 Å². The summed E-state index contributed by atoms with van der Waals surface area (Å²) in [5.41, 5.74) is 0.404. The number of carbonyl (C=O) groups is 1. The van der Waals surface area contributed by atoms with Crippen LogP contribution in [0.3, 0.4) is 0 Å². The van der Waals surface area contributed by atoms with Gasteiger partial charge in [0.1, 0.15) is 4.90 Å². The molecular formula is C18H19BrClN3O5S. The van der Waals surface area contributed by atoms with Gasteiger partial charge < -0.3 is 20.5 Å². The average molecular weight is 505 g/mol. The molecule has 1 saturated heterocycles. The standard InChI is InChI=1S/C18H19BrClN3O5S/c19-12-5-1-2-6-14(12)22-18(25)23-15-8-7-13(20)17(16(15)24)29(26,27)21-10-11-4-3-9-28-11/h1-2,5-8,11,21,24H,3-4,9-10H2,(H2,22,23,25)/t11-/m0/s1. The van der Waals surface area contributed by atoms with Crippen molar-refractivity contribution in [2.45, 2.75) is 23.8 Å². The summed E-state index contributed by atoms with van der Waals surface area (Å²) in [5, 5.41) is 15.3. The quantitative estimate of drug-likeness (QED) is 0.445. The lowest BCUT2D eigenvalue weighted by molar-refractivity contribution is 0.114. The number of phenolic OH excluding ortho intramolecular Hbond substituents is 1. The molecule has 0 spiro atoms. The van der Waals surface area contributed by atoms with Gasteiger partial charge in [-0.15, -0.1) is 0 Å². The predicted molar refractivity (Wildman–Crippen MR) is 114 cm³/mol. The van der Waals surface area contributed by atoms with Crippen LogP contribution in [0.5, 0.6) is 5.75 Å². The number of phenols is 1. The Hall–Kier alpha value is -1.85. The van der Waals surface area contributed by atoms with E-state index in [1.807, 2.05) is 0 Å². The minimum atomic E-state index is -4.12.